The van der Waals surface area contributed by atoms with Crippen LogP contribution in [0.2, 0.25) is 0 Å². The predicted molar refractivity (Wildman–Crippen MR) is 86.2 cm³/mol. The van der Waals surface area contributed by atoms with Crippen molar-refractivity contribution in [2.75, 3.05) is 5.32 Å². The second-order valence-corrected chi connectivity index (χ2v) is 5.45. The first kappa shape index (κ1) is 17.8. The molecule has 0 aliphatic heterocycles. The highest BCUT2D eigenvalue weighted by molar-refractivity contribution is 5.95. The number of carbonyl (C=O) groups is 1. The third kappa shape index (κ3) is 4.71. The van der Waals surface area contributed by atoms with Gasteiger partial charge in [0.2, 0.25) is 0 Å². The van der Waals surface area contributed by atoms with Gasteiger partial charge in [-0.3, -0.25) is 9.78 Å². The number of alkyl halides is 3. The fourth-order valence-electron chi connectivity index (χ4n) is 1.95. The molecule has 0 spiro atoms. The van der Waals surface area contributed by atoms with Crippen LogP contribution in [-0.4, -0.2) is 16.9 Å². The van der Waals surface area contributed by atoms with Gasteiger partial charge in [0.15, 0.2) is 0 Å². The molecule has 0 aliphatic rings. The normalized spacial score (nSPS) is 12.5. The van der Waals surface area contributed by atoms with Gasteiger partial charge in [-0.05, 0) is 43.7 Å². The van der Waals surface area contributed by atoms with Gasteiger partial charge in [0.25, 0.3) is 5.91 Å². The molecule has 128 valence electrons. The molecule has 0 saturated carbocycles. The molecule has 0 aliphatic carbocycles. The van der Waals surface area contributed by atoms with Crippen LogP contribution in [0.1, 0.15) is 36.2 Å². The van der Waals surface area contributed by atoms with Crippen molar-refractivity contribution in [1.29, 1.82) is 0 Å². The lowest BCUT2D eigenvalue weighted by atomic mass is 10.2. The van der Waals surface area contributed by atoms with Crippen molar-refractivity contribution in [2.45, 2.75) is 32.5 Å². The van der Waals surface area contributed by atoms with Gasteiger partial charge in [0, 0.05) is 17.9 Å². The highest BCUT2D eigenvalue weighted by Crippen LogP contribution is 2.30. The molecule has 1 aromatic carbocycles. The van der Waals surface area contributed by atoms with E-state index in [9.17, 15) is 18.0 Å². The molecule has 2 N–H and O–H groups in total. The molecule has 1 heterocycles. The summed E-state index contributed by atoms with van der Waals surface area (Å²) in [4.78, 5) is 16.1. The fraction of sp³-hybridized carbons (Fsp3) is 0.294. The minimum atomic E-state index is -4.37. The zero-order valence-electron chi connectivity index (χ0n) is 13.3. The molecule has 4 nitrogen and oxygen atoms in total. The third-order valence-corrected chi connectivity index (χ3v) is 3.49. The number of halogens is 3. The Morgan fingerprint density at radius 3 is 2.42 bits per heavy atom. The smallest absolute Gasteiger partial charge is 0.354 e. The number of benzene rings is 1. The van der Waals surface area contributed by atoms with Gasteiger partial charge in [-0.2, -0.15) is 13.2 Å². The van der Waals surface area contributed by atoms with Crippen molar-refractivity contribution in [1.82, 2.24) is 10.3 Å². The van der Waals surface area contributed by atoms with Gasteiger partial charge in [-0.15, -0.1) is 0 Å². The van der Waals surface area contributed by atoms with Crippen molar-refractivity contribution < 1.29 is 18.0 Å². The summed E-state index contributed by atoms with van der Waals surface area (Å²) in [6, 6.07) is 6.29. The topological polar surface area (TPSA) is 54.0 Å². The SMILES string of the molecule is CCC(C)NC(=O)c1cncc(Nc2ccc(C(F)(F)F)cc2)c1. The van der Waals surface area contributed by atoms with Crippen LogP contribution in [0.25, 0.3) is 0 Å². The first-order valence-electron chi connectivity index (χ1n) is 7.49. The number of pyridine rings is 1. The Morgan fingerprint density at radius 1 is 1.17 bits per heavy atom. The number of carbonyl (C=O) groups excluding carboxylic acids is 1. The molecule has 1 aromatic heterocycles. The summed E-state index contributed by atoms with van der Waals surface area (Å²) >= 11 is 0. The molecular weight excluding hydrogens is 319 g/mol. The number of nitrogens with one attached hydrogen (secondary N) is 2. The van der Waals surface area contributed by atoms with E-state index in [1.807, 2.05) is 13.8 Å². The maximum Gasteiger partial charge on any atom is 0.416 e. The lowest BCUT2D eigenvalue weighted by Gasteiger charge is -2.12. The Bertz CT molecular complexity index is 699. The molecule has 1 unspecified atom stereocenters. The van der Waals surface area contributed by atoms with E-state index in [1.54, 1.807) is 6.07 Å². The maximum absolute atomic E-state index is 12.5. The van der Waals surface area contributed by atoms with Crippen LogP contribution < -0.4 is 10.6 Å². The number of nitrogens with zero attached hydrogens (tertiary/aromatic N) is 1. The molecular formula is C17H18F3N3O. The number of amides is 1. The largest absolute Gasteiger partial charge is 0.416 e. The van der Waals surface area contributed by atoms with E-state index in [0.717, 1.165) is 18.6 Å². The Balaban J connectivity index is 2.10. The Hall–Kier alpha value is -2.57. The van der Waals surface area contributed by atoms with Crippen LogP contribution in [0.3, 0.4) is 0 Å². The van der Waals surface area contributed by atoms with Gasteiger partial charge in [-0.25, -0.2) is 0 Å². The zero-order chi connectivity index (χ0) is 17.7. The second-order valence-electron chi connectivity index (χ2n) is 5.45. The molecule has 0 radical (unpaired) electrons. The average molecular weight is 337 g/mol. The van der Waals surface area contributed by atoms with E-state index in [4.69, 9.17) is 0 Å². The van der Waals surface area contributed by atoms with Gasteiger partial charge >= 0.3 is 6.18 Å². The van der Waals surface area contributed by atoms with Crippen LogP contribution in [0.4, 0.5) is 24.5 Å². The summed E-state index contributed by atoms with van der Waals surface area (Å²) in [5.74, 6) is -0.243. The minimum absolute atomic E-state index is 0.0454. The summed E-state index contributed by atoms with van der Waals surface area (Å²) < 4.78 is 37.6. The number of rotatable bonds is 5. The quantitative estimate of drug-likeness (QED) is 0.852. The highest BCUT2D eigenvalue weighted by atomic mass is 19.4. The van der Waals surface area contributed by atoms with Crippen LogP contribution in [0.15, 0.2) is 42.7 Å². The van der Waals surface area contributed by atoms with Gasteiger partial charge in [0.05, 0.1) is 23.0 Å². The molecule has 2 rings (SSSR count). The summed E-state index contributed by atoms with van der Waals surface area (Å²) in [5.41, 5.74) is 0.663. The molecule has 1 amide bonds. The van der Waals surface area contributed by atoms with Crippen LogP contribution in [0, 0.1) is 0 Å². The van der Waals surface area contributed by atoms with Crippen molar-refractivity contribution in [3.05, 3.63) is 53.9 Å². The molecule has 7 heteroatoms. The van der Waals surface area contributed by atoms with Crippen LogP contribution >= 0.6 is 0 Å². The number of hydrogen-bond acceptors (Lipinski definition) is 3. The zero-order valence-corrected chi connectivity index (χ0v) is 13.3. The second kappa shape index (κ2) is 7.33. The Kier molecular flexibility index (Phi) is 5.43. The lowest BCUT2D eigenvalue weighted by molar-refractivity contribution is -0.137. The van der Waals surface area contributed by atoms with Gasteiger partial charge < -0.3 is 10.6 Å². The minimum Gasteiger partial charge on any atom is -0.354 e. The highest BCUT2D eigenvalue weighted by Gasteiger charge is 2.29. The average Bonchev–Trinajstić information content (AvgIpc) is 2.54. The van der Waals surface area contributed by atoms with Crippen molar-refractivity contribution >= 4 is 17.3 Å². The maximum atomic E-state index is 12.5. The molecule has 0 bridgehead atoms. The monoisotopic (exact) mass is 337 g/mol. The standard InChI is InChI=1S/C17H18F3N3O/c1-3-11(2)22-16(24)12-8-15(10-21-9-12)23-14-6-4-13(5-7-14)17(18,19)20/h4-11,23H,3H2,1-2H3,(H,22,24). The molecule has 0 saturated heterocycles. The van der Waals surface area contributed by atoms with Gasteiger partial charge in [-0.1, -0.05) is 6.92 Å². The predicted octanol–water partition coefficient (Wildman–Crippen LogP) is 4.37. The van der Waals surface area contributed by atoms with E-state index in [-0.39, 0.29) is 11.9 Å². The fourth-order valence-corrected chi connectivity index (χ4v) is 1.95. The molecule has 2 aromatic rings. The summed E-state index contributed by atoms with van der Waals surface area (Å²) in [6.07, 6.45) is -0.621. The molecule has 1 atom stereocenters. The number of aromatic nitrogens is 1. The first-order chi connectivity index (χ1) is 11.3. The lowest BCUT2D eigenvalue weighted by Crippen LogP contribution is -2.31. The van der Waals surface area contributed by atoms with E-state index in [0.29, 0.717) is 16.9 Å². The summed E-state index contributed by atoms with van der Waals surface area (Å²) in [7, 11) is 0. The number of anilines is 2. The van der Waals surface area contributed by atoms with E-state index in [2.05, 4.69) is 15.6 Å². The van der Waals surface area contributed by atoms with E-state index in [1.165, 1.54) is 24.5 Å². The third-order valence-electron chi connectivity index (χ3n) is 3.49. The van der Waals surface area contributed by atoms with E-state index < -0.39 is 11.7 Å². The molecule has 24 heavy (non-hydrogen) atoms. The van der Waals surface area contributed by atoms with Crippen molar-refractivity contribution in [2.24, 2.45) is 0 Å². The summed E-state index contributed by atoms with van der Waals surface area (Å²) in [6.45, 7) is 3.86. The van der Waals surface area contributed by atoms with Crippen LogP contribution in [-0.2, 0) is 6.18 Å². The first-order valence-corrected chi connectivity index (χ1v) is 7.49. The number of hydrogen-bond donors (Lipinski definition) is 2. The van der Waals surface area contributed by atoms with Crippen molar-refractivity contribution in [3.8, 4) is 0 Å². The van der Waals surface area contributed by atoms with Crippen LogP contribution in [0.5, 0.6) is 0 Å². The molecule has 0 fully saturated rings. The van der Waals surface area contributed by atoms with E-state index >= 15 is 0 Å². The Morgan fingerprint density at radius 2 is 1.83 bits per heavy atom. The Labute approximate surface area is 138 Å². The summed E-state index contributed by atoms with van der Waals surface area (Å²) in [5, 5.41) is 5.76. The van der Waals surface area contributed by atoms with Crippen molar-refractivity contribution in [3.63, 3.8) is 0 Å². The van der Waals surface area contributed by atoms with Gasteiger partial charge in [0.1, 0.15) is 0 Å².